The molecule has 0 N–H and O–H groups in total. The number of fused-ring (bicyclic) bond motifs is 1. The minimum atomic E-state index is -0.450. The van der Waals surface area contributed by atoms with Gasteiger partial charge in [-0.2, -0.15) is 0 Å². The van der Waals surface area contributed by atoms with Gasteiger partial charge in [0.15, 0.2) is 0 Å². The number of aryl methyl sites for hydroxylation is 1. The molecule has 0 saturated carbocycles. The van der Waals surface area contributed by atoms with Gasteiger partial charge in [0.2, 0.25) is 5.91 Å². The summed E-state index contributed by atoms with van der Waals surface area (Å²) in [5, 5.41) is 10.8. The Labute approximate surface area is 109 Å². The highest BCUT2D eigenvalue weighted by Crippen LogP contribution is 2.30. The monoisotopic (exact) mass is 268 g/mol. The molecule has 0 aliphatic carbocycles. The lowest BCUT2D eigenvalue weighted by Crippen LogP contribution is -2.32. The number of halogens is 1. The zero-order valence-corrected chi connectivity index (χ0v) is 10.5. The fourth-order valence-corrected chi connectivity index (χ4v) is 2.31. The van der Waals surface area contributed by atoms with Gasteiger partial charge in [0.05, 0.1) is 10.6 Å². The molecule has 5 nitrogen and oxygen atoms in total. The Morgan fingerprint density at radius 3 is 2.89 bits per heavy atom. The van der Waals surface area contributed by atoms with E-state index in [2.05, 4.69) is 0 Å². The third kappa shape index (κ3) is 2.46. The van der Waals surface area contributed by atoms with Crippen molar-refractivity contribution in [1.29, 1.82) is 0 Å². The van der Waals surface area contributed by atoms with E-state index in [4.69, 9.17) is 11.6 Å². The minimum absolute atomic E-state index is 0.00280. The number of alkyl halides is 1. The Bertz CT molecular complexity index is 490. The molecule has 0 spiro atoms. The normalized spacial score (nSPS) is 14.8. The molecule has 1 aromatic rings. The van der Waals surface area contributed by atoms with Crippen LogP contribution in [0.2, 0.25) is 0 Å². The predicted molar refractivity (Wildman–Crippen MR) is 69.1 cm³/mol. The van der Waals surface area contributed by atoms with Crippen molar-refractivity contribution in [1.82, 2.24) is 0 Å². The number of benzene rings is 1. The number of carbonyl (C=O) groups excluding carboxylic acids is 1. The van der Waals surface area contributed by atoms with E-state index in [0.717, 1.165) is 24.8 Å². The Kier molecular flexibility index (Phi) is 3.81. The first-order chi connectivity index (χ1) is 8.63. The van der Waals surface area contributed by atoms with Gasteiger partial charge < -0.3 is 4.90 Å². The van der Waals surface area contributed by atoms with Gasteiger partial charge in [-0.15, -0.1) is 11.6 Å². The van der Waals surface area contributed by atoms with E-state index >= 15 is 0 Å². The highest BCUT2D eigenvalue weighted by molar-refractivity contribution is 6.29. The third-order valence-corrected chi connectivity index (χ3v) is 3.29. The van der Waals surface area contributed by atoms with E-state index in [1.165, 1.54) is 12.1 Å². The average Bonchev–Trinajstić information content (AvgIpc) is 2.59. The summed E-state index contributed by atoms with van der Waals surface area (Å²) in [6.45, 7) is 0.569. The molecule has 1 aliphatic rings. The van der Waals surface area contributed by atoms with E-state index in [9.17, 15) is 14.9 Å². The van der Waals surface area contributed by atoms with Crippen molar-refractivity contribution < 1.29 is 9.72 Å². The van der Waals surface area contributed by atoms with Crippen LogP contribution >= 0.6 is 11.6 Å². The summed E-state index contributed by atoms with van der Waals surface area (Å²) in [6, 6.07) is 4.67. The second kappa shape index (κ2) is 5.35. The molecule has 0 saturated heterocycles. The van der Waals surface area contributed by atoms with Crippen molar-refractivity contribution in [2.45, 2.75) is 19.3 Å². The Morgan fingerprint density at radius 1 is 1.44 bits per heavy atom. The smallest absolute Gasteiger partial charge is 0.271 e. The molecule has 0 fully saturated rings. The zero-order valence-electron chi connectivity index (χ0n) is 9.76. The standard InChI is InChI=1S/C12H13ClN2O3/c13-8-12(16)14-6-2-1-3-9-4-5-10(15(17)18)7-11(9)14/h4-5,7H,1-3,6,8H2. The largest absolute Gasteiger partial charge is 0.311 e. The van der Waals surface area contributed by atoms with Crippen LogP contribution in [-0.2, 0) is 11.2 Å². The lowest BCUT2D eigenvalue weighted by atomic mass is 10.1. The fraction of sp³-hybridized carbons (Fsp3) is 0.417. The van der Waals surface area contributed by atoms with E-state index < -0.39 is 4.92 Å². The quantitative estimate of drug-likeness (QED) is 0.470. The van der Waals surface area contributed by atoms with Gasteiger partial charge in [0, 0.05) is 18.7 Å². The fourth-order valence-electron chi connectivity index (χ4n) is 2.17. The van der Waals surface area contributed by atoms with Crippen molar-refractivity contribution in [3.8, 4) is 0 Å². The summed E-state index contributed by atoms with van der Waals surface area (Å²) in [5.74, 6) is -0.317. The maximum atomic E-state index is 11.8. The third-order valence-electron chi connectivity index (χ3n) is 3.06. The van der Waals surface area contributed by atoms with Gasteiger partial charge in [-0.25, -0.2) is 0 Å². The highest BCUT2D eigenvalue weighted by Gasteiger charge is 2.22. The lowest BCUT2D eigenvalue weighted by Gasteiger charge is -2.21. The molecule has 0 aromatic heterocycles. The van der Waals surface area contributed by atoms with Crippen molar-refractivity contribution in [3.05, 3.63) is 33.9 Å². The molecule has 6 heteroatoms. The molecule has 0 bridgehead atoms. The molecule has 1 aromatic carbocycles. The number of nitrogens with zero attached hydrogens (tertiary/aromatic N) is 2. The van der Waals surface area contributed by atoms with Crippen LogP contribution in [0.3, 0.4) is 0 Å². The van der Waals surface area contributed by atoms with Crippen LogP contribution in [0.15, 0.2) is 18.2 Å². The van der Waals surface area contributed by atoms with Crippen molar-refractivity contribution >= 4 is 28.9 Å². The van der Waals surface area contributed by atoms with E-state index in [1.54, 1.807) is 11.0 Å². The average molecular weight is 269 g/mol. The lowest BCUT2D eigenvalue weighted by molar-refractivity contribution is -0.384. The molecule has 0 radical (unpaired) electrons. The number of non-ortho nitro benzene ring substituents is 1. The molecule has 0 atom stereocenters. The van der Waals surface area contributed by atoms with Gasteiger partial charge in [-0.3, -0.25) is 14.9 Å². The van der Waals surface area contributed by atoms with Gasteiger partial charge >= 0.3 is 0 Å². The van der Waals surface area contributed by atoms with Crippen molar-refractivity contribution in [2.24, 2.45) is 0 Å². The number of hydrogen-bond acceptors (Lipinski definition) is 3. The molecule has 1 heterocycles. The molecular formula is C12H13ClN2O3. The Balaban J connectivity index is 2.47. The topological polar surface area (TPSA) is 63.5 Å². The SMILES string of the molecule is O=C(CCl)N1CCCCc2ccc([N+](=O)[O-])cc21. The van der Waals surface area contributed by atoms with Crippen LogP contribution in [0.5, 0.6) is 0 Å². The number of amides is 1. The van der Waals surface area contributed by atoms with E-state index in [-0.39, 0.29) is 17.5 Å². The van der Waals surface area contributed by atoms with Crippen LogP contribution in [0.1, 0.15) is 18.4 Å². The number of carbonyl (C=O) groups is 1. The van der Waals surface area contributed by atoms with Crippen LogP contribution in [0.25, 0.3) is 0 Å². The minimum Gasteiger partial charge on any atom is -0.311 e. The summed E-state index contributed by atoms with van der Waals surface area (Å²) in [7, 11) is 0. The maximum Gasteiger partial charge on any atom is 0.271 e. The predicted octanol–water partition coefficient (Wildman–Crippen LogP) is 2.50. The summed E-state index contributed by atoms with van der Waals surface area (Å²) in [6.07, 6.45) is 2.68. The molecule has 0 unspecified atom stereocenters. The van der Waals surface area contributed by atoms with Crippen LogP contribution in [0, 0.1) is 10.1 Å². The van der Waals surface area contributed by atoms with Gasteiger partial charge in [-0.05, 0) is 24.8 Å². The maximum absolute atomic E-state index is 11.8. The van der Waals surface area contributed by atoms with E-state index in [1.807, 2.05) is 0 Å². The van der Waals surface area contributed by atoms with Crippen molar-refractivity contribution in [2.75, 3.05) is 17.3 Å². The number of rotatable bonds is 2. The van der Waals surface area contributed by atoms with Gasteiger partial charge in [0.1, 0.15) is 5.88 Å². The van der Waals surface area contributed by atoms with Gasteiger partial charge in [0.25, 0.3) is 5.69 Å². The molecule has 1 aliphatic heterocycles. The number of anilines is 1. The van der Waals surface area contributed by atoms with E-state index in [0.29, 0.717) is 12.2 Å². The summed E-state index contributed by atoms with van der Waals surface area (Å²) < 4.78 is 0. The number of nitro groups is 1. The van der Waals surface area contributed by atoms with Crippen LogP contribution in [0.4, 0.5) is 11.4 Å². The van der Waals surface area contributed by atoms with Crippen LogP contribution in [-0.4, -0.2) is 23.3 Å². The Morgan fingerprint density at radius 2 is 2.22 bits per heavy atom. The summed E-state index contributed by atoms with van der Waals surface area (Å²) >= 11 is 5.58. The molecule has 18 heavy (non-hydrogen) atoms. The van der Waals surface area contributed by atoms with Gasteiger partial charge in [-0.1, -0.05) is 6.07 Å². The summed E-state index contributed by atoms with van der Waals surface area (Å²) in [4.78, 5) is 23.7. The molecule has 1 amide bonds. The molecule has 2 rings (SSSR count). The Hall–Kier alpha value is -1.62. The second-order valence-corrected chi connectivity index (χ2v) is 4.47. The number of hydrogen-bond donors (Lipinski definition) is 0. The zero-order chi connectivity index (χ0) is 13.1. The number of nitro benzene ring substituents is 1. The second-order valence-electron chi connectivity index (χ2n) is 4.21. The first-order valence-electron chi connectivity index (χ1n) is 5.77. The first-order valence-corrected chi connectivity index (χ1v) is 6.30. The van der Waals surface area contributed by atoms with Crippen molar-refractivity contribution in [3.63, 3.8) is 0 Å². The summed E-state index contributed by atoms with van der Waals surface area (Å²) in [5.41, 5.74) is 1.60. The first kappa shape index (κ1) is 12.8. The molecular weight excluding hydrogens is 256 g/mol. The highest BCUT2D eigenvalue weighted by atomic mass is 35.5. The molecule has 96 valence electrons. The van der Waals surface area contributed by atoms with Crippen LogP contribution < -0.4 is 4.90 Å².